The molecule has 0 aliphatic carbocycles. The van der Waals surface area contributed by atoms with E-state index in [0.717, 1.165) is 18.8 Å². The summed E-state index contributed by atoms with van der Waals surface area (Å²) in [6.45, 7) is 28.7. The first-order chi connectivity index (χ1) is 54.5. The molecule has 0 atom stereocenters. The van der Waals surface area contributed by atoms with E-state index in [1.165, 1.54) is 92.6 Å². The lowest BCUT2D eigenvalue weighted by molar-refractivity contribution is -0.0296. The third kappa shape index (κ3) is 65.4. The molecule has 0 saturated carbocycles. The van der Waals surface area contributed by atoms with Gasteiger partial charge in [0.15, 0.2) is 0 Å². The van der Waals surface area contributed by atoms with Crippen molar-refractivity contribution in [3.05, 3.63) is 168 Å². The molecule has 0 radical (unpaired) electrons. The first-order valence-corrected chi connectivity index (χ1v) is 41.2. The van der Waals surface area contributed by atoms with Gasteiger partial charge in [-0.2, -0.15) is 16.8 Å². The van der Waals surface area contributed by atoms with Crippen LogP contribution in [0.3, 0.4) is 0 Å². The smallest absolute Gasteiger partial charge is 0.519 e. The summed E-state index contributed by atoms with van der Waals surface area (Å²) in [6.07, 6.45) is 19.0. The van der Waals surface area contributed by atoms with Gasteiger partial charge in [-0.05, 0) is 167 Å². The van der Waals surface area contributed by atoms with Crippen molar-refractivity contribution < 1.29 is 128 Å². The van der Waals surface area contributed by atoms with Crippen LogP contribution in [0.2, 0.25) is 0 Å². The molecule has 0 fully saturated rings. The summed E-state index contributed by atoms with van der Waals surface area (Å²) in [5, 5.41) is 27.7. The number of carbonyl (C=O) groups is 6. The molecule has 0 aromatic carbocycles. The Morgan fingerprint density at radius 2 is 0.554 bits per heavy atom. The predicted octanol–water partition coefficient (Wildman–Crippen LogP) is 8.12. The summed E-state index contributed by atoms with van der Waals surface area (Å²) < 4.78 is 142. The summed E-state index contributed by atoms with van der Waals surface area (Å²) >= 11 is 0. The zero-order valence-electron chi connectivity index (χ0n) is 70.9. The number of rotatable bonds is 15. The molecule has 37 nitrogen and oxygen atoms in total. The molecule has 7 aromatic heterocycles. The van der Waals surface area contributed by atoms with Crippen LogP contribution < -0.4 is 47.9 Å². The third-order valence-corrected chi connectivity index (χ3v) is 12.6. The number of hydrogen-bond acceptors (Lipinski definition) is 33. The lowest BCUT2D eigenvalue weighted by Gasteiger charge is -2.20. The number of hydrogen-bond donors (Lipinski definition) is 9. The molecule has 7 rings (SSSR count). The van der Waals surface area contributed by atoms with Crippen LogP contribution in [-0.4, -0.2) is 159 Å². The standard InChI is InChI=1S/2C12H18N2O5S.C11H15FN2O2.C11H16N2O3.C10H18O5.2C6H7FN2.C6H8N2O.CH3ClO2S.2FH/c2*1-12(2,3)19-11(15)14-10-5-6-13-7-9(10)8-18-20(4,16)17;1-11(2,3)16-10(15)14-9-4-5-13-7-8(9)6-12;1-11(2,3)16-10(15)13-9-4-5-12-6-8(9)7-14;1-9(2,3)14-7(11)13-8(12)15-10(4,5)6;2*7-3-5-4-9-2-1-6(5)8;7-6-1-2-8-3-5(6)4-9;1-5(2,3)4;;/h2*5-7H,8H2,1-4H3,(H,13,14,15);4-5,7H,6H2,1-3H3,(H,13,14,15);4-6,14H,7H2,1-3H3,(H,12,13,15);1-6H3;2*1-2,4H,3H2,(H2,8,9);1-3,9H,4H2,(H2,7,8);1H3;2*1H/p-2/i;;12-1;;;2*7-1;;;2*1-1. The van der Waals surface area contributed by atoms with Gasteiger partial charge >= 0.3 is 36.7 Å². The zero-order chi connectivity index (χ0) is 92.0. The van der Waals surface area contributed by atoms with Crippen LogP contribution in [0.4, 0.5) is 81.8 Å². The highest BCUT2D eigenvalue weighted by Gasteiger charge is 2.26. The predicted molar refractivity (Wildman–Crippen MR) is 442 cm³/mol. The van der Waals surface area contributed by atoms with Gasteiger partial charge in [-0.25, -0.2) is 50.4 Å². The molecule has 121 heavy (non-hydrogen) atoms. The van der Waals surface area contributed by atoms with E-state index in [1.807, 2.05) is 0 Å². The number of nitrogens with two attached hydrogens (primary N) is 3. The minimum absolute atomic E-state index is 0. The van der Waals surface area contributed by atoms with Gasteiger partial charge < -0.3 is 70.0 Å². The van der Waals surface area contributed by atoms with Crippen molar-refractivity contribution in [1.29, 1.82) is 0 Å². The number of anilines is 7. The molecular formula is C75H110ClF5N14O23S3-2. The average molecular weight is 1800 g/mol. The monoisotopic (exact) mass is 1800 g/mol. The zero-order valence-corrected chi connectivity index (χ0v) is 74.1. The van der Waals surface area contributed by atoms with Gasteiger partial charge in [0.25, 0.3) is 20.2 Å². The first-order valence-electron chi connectivity index (χ1n) is 34.9. The van der Waals surface area contributed by atoms with Crippen molar-refractivity contribution in [3.63, 3.8) is 0 Å². The highest BCUT2D eigenvalue weighted by atomic mass is 35.7. The molecule has 4 amide bonds. The number of aliphatic hydroxyl groups excluding tert-OH is 2. The van der Waals surface area contributed by atoms with Gasteiger partial charge in [0, 0.05) is 153 Å². The normalized spacial score (nSPS) is 10.9. The second kappa shape index (κ2) is 55.7. The Bertz CT molecular complexity index is 4330. The summed E-state index contributed by atoms with van der Waals surface area (Å²) in [7, 11) is -5.83. The number of nitrogen functional groups attached to an aromatic ring is 3. The van der Waals surface area contributed by atoms with Gasteiger partial charge in [0.1, 0.15) is 53.6 Å². The Labute approximate surface area is 706 Å². The number of amides is 4. The van der Waals surface area contributed by atoms with Crippen molar-refractivity contribution in [2.75, 3.05) is 57.2 Å². The number of aliphatic hydroxyl groups is 2. The molecule has 12 N–H and O–H groups in total. The number of alkyl halides is 3. The molecule has 7 heterocycles. The van der Waals surface area contributed by atoms with E-state index < -0.39 is 120 Å². The lowest BCUT2D eigenvalue weighted by Crippen LogP contribution is -3.00. The van der Waals surface area contributed by atoms with E-state index in [9.17, 15) is 67.2 Å². The summed E-state index contributed by atoms with van der Waals surface area (Å²) in [6, 6.07) is 11.0. The fourth-order valence-electron chi connectivity index (χ4n) is 6.93. The van der Waals surface area contributed by atoms with E-state index in [1.54, 1.807) is 161 Å². The summed E-state index contributed by atoms with van der Waals surface area (Å²) in [5.74, 6) is 0. The Hall–Kier alpha value is -11.1. The van der Waals surface area contributed by atoms with Crippen molar-refractivity contribution in [2.24, 2.45) is 0 Å². The first kappa shape index (κ1) is 116. The number of carbonyl (C=O) groups excluding carboxylic acids is 6. The molecule has 0 aliphatic heterocycles. The topological polar surface area (TPSA) is 545 Å². The van der Waals surface area contributed by atoms with Gasteiger partial charge in [-0.1, -0.05) is 0 Å². The highest BCUT2D eigenvalue weighted by molar-refractivity contribution is 8.13. The van der Waals surface area contributed by atoms with Crippen molar-refractivity contribution in [2.45, 2.75) is 205 Å². The Morgan fingerprint density at radius 1 is 0.355 bits per heavy atom. The maximum atomic E-state index is 12.5. The highest BCUT2D eigenvalue weighted by Crippen LogP contribution is 2.23. The average Bonchev–Trinajstić information content (AvgIpc) is 0.864. The molecule has 0 unspecified atom stereocenters. The Morgan fingerprint density at radius 3 is 0.752 bits per heavy atom. The summed E-state index contributed by atoms with van der Waals surface area (Å²) in [5.41, 5.74) is 18.9. The number of pyridine rings is 7. The van der Waals surface area contributed by atoms with Crippen LogP contribution in [0, 0.1) is 0 Å². The number of halogens is 6. The lowest BCUT2D eigenvalue weighted by atomic mass is 10.2. The van der Waals surface area contributed by atoms with Crippen LogP contribution >= 0.6 is 10.7 Å². The van der Waals surface area contributed by atoms with E-state index in [4.69, 9.17) is 55.8 Å². The number of nitrogens with zero attached hydrogens (tertiary/aromatic N) is 7. The molecule has 0 aliphatic rings. The van der Waals surface area contributed by atoms with Crippen LogP contribution in [0.5, 0.6) is 0 Å². The molecule has 680 valence electrons. The van der Waals surface area contributed by atoms with Crippen molar-refractivity contribution >= 4 is 116 Å². The maximum Gasteiger partial charge on any atom is 0.519 e. The minimum atomic E-state index is -3.57. The van der Waals surface area contributed by atoms with Crippen LogP contribution in [0.1, 0.15) is 164 Å². The maximum absolute atomic E-state index is 12.5. The van der Waals surface area contributed by atoms with Gasteiger partial charge in [-0.3, -0.25) is 64.5 Å². The van der Waals surface area contributed by atoms with Gasteiger partial charge in [-0.15, -0.1) is 0 Å². The minimum Gasteiger partial charge on any atom is -1.00 e. The van der Waals surface area contributed by atoms with Crippen molar-refractivity contribution in [1.82, 2.24) is 34.9 Å². The largest absolute Gasteiger partial charge is 1.00 e. The van der Waals surface area contributed by atoms with E-state index in [-0.39, 0.29) is 35.8 Å². The van der Waals surface area contributed by atoms with Crippen LogP contribution in [-0.2, 0) is 117 Å². The van der Waals surface area contributed by atoms with Crippen LogP contribution in [0.15, 0.2) is 129 Å². The fraction of sp³-hybridized carbons (Fsp3) is 0.453. The number of nitrogens with one attached hydrogen (secondary N) is 4. The van der Waals surface area contributed by atoms with E-state index in [0.29, 0.717) is 78.8 Å². The number of ether oxygens (including phenoxy) is 7. The molecular weight excluding hydrogens is 1690 g/mol. The van der Waals surface area contributed by atoms with E-state index >= 15 is 0 Å². The fourth-order valence-corrected chi connectivity index (χ4v) is 7.62. The summed E-state index contributed by atoms with van der Waals surface area (Å²) in [4.78, 5) is 94.7. The second-order valence-corrected chi connectivity index (χ2v) is 36.1. The Kier molecular flexibility index (Phi) is 53.5. The molecule has 0 saturated heterocycles. The quantitative estimate of drug-likeness (QED) is 0.0117. The van der Waals surface area contributed by atoms with E-state index in [2.05, 4.69) is 79.9 Å². The Balaban J connectivity index is -0.000000648. The van der Waals surface area contributed by atoms with Crippen molar-refractivity contribution in [3.8, 4) is 0 Å². The second-order valence-electron chi connectivity index (χ2n) is 29.7. The van der Waals surface area contributed by atoms with Gasteiger partial charge in [0.05, 0.1) is 67.9 Å². The SMILES string of the molecule is CC(C)(C)OC(=O)Nc1ccncc1CO.CC(C)(C)OC(=O)Nc1ccncc1COS(C)(=O)=O.CC(C)(C)OC(=O)Nc1ccncc1COS(C)(=O)=O.CC(C)(C)OC(=O)Nc1ccncc1C[18F].CC(C)(C)OC(=O)OC(=O)OC(C)(C)C.CS(=O)(=O)Cl.Nc1ccncc1CO.Nc1ccncc1C[18F].Nc1ccncc1C[18F].[18F-].[18F-]. The van der Waals surface area contributed by atoms with Crippen LogP contribution in [0.25, 0.3) is 0 Å². The van der Waals surface area contributed by atoms with Gasteiger partial charge in [0.2, 0.25) is 9.05 Å². The molecule has 0 spiro atoms. The molecule has 0 bridgehead atoms. The number of aromatic nitrogens is 7. The molecule has 7 aromatic rings. The molecule has 46 heteroatoms. The third-order valence-electron chi connectivity index (χ3n) is 11.6.